The summed E-state index contributed by atoms with van der Waals surface area (Å²) in [6.45, 7) is 4.25. The molecule has 0 atom stereocenters. The van der Waals surface area contributed by atoms with Crippen molar-refractivity contribution in [1.82, 2.24) is 62.8 Å². The first-order valence-corrected chi connectivity index (χ1v) is 20.4. The second kappa shape index (κ2) is 40.1. The van der Waals surface area contributed by atoms with Crippen molar-refractivity contribution in [2.24, 2.45) is 28.2 Å². The molecule has 0 aromatic carbocycles. The number of aryl methyl sites for hydroxylation is 6. The Balaban J connectivity index is 0. The van der Waals surface area contributed by atoms with Crippen molar-refractivity contribution in [2.45, 2.75) is 46.0 Å². The Morgan fingerprint density at radius 1 is 0.712 bits per heavy atom. The molecule has 0 aliphatic rings. The molecular weight excluding hydrogens is 923 g/mol. The smallest absolute Gasteiger partial charge is 0.330 e. The topological polar surface area (TPSA) is 299 Å². The predicted molar refractivity (Wildman–Crippen MR) is 253 cm³/mol. The molecule has 0 fully saturated rings. The van der Waals surface area contributed by atoms with E-state index in [1.807, 2.05) is 53.3 Å². The zero-order valence-electron chi connectivity index (χ0n) is 37.7. The number of aliphatic carboxylic acids is 1. The second-order valence-electron chi connectivity index (χ2n) is 12.2. The lowest BCUT2D eigenvalue weighted by Crippen LogP contribution is -2.12. The van der Waals surface area contributed by atoms with Crippen LogP contribution >= 0.6 is 38.4 Å². The Kier molecular flexibility index (Phi) is 37.4. The normalized spacial score (nSPS) is 9.88. The number of hydrogen-bond donors (Lipinski definition) is 9. The highest BCUT2D eigenvalue weighted by Crippen LogP contribution is 2.02. The van der Waals surface area contributed by atoms with Crippen LogP contribution in [0.15, 0.2) is 80.8 Å². The Morgan fingerprint density at radius 3 is 1.67 bits per heavy atom. The van der Waals surface area contributed by atoms with Crippen LogP contribution in [0.1, 0.15) is 61.6 Å². The molecular formula is C39H59N13O11S3. The lowest BCUT2D eigenvalue weighted by atomic mass is 10.2. The van der Waals surface area contributed by atoms with Gasteiger partial charge < -0.3 is 52.7 Å². The lowest BCUT2D eigenvalue weighted by Gasteiger charge is -2.01. The van der Waals surface area contributed by atoms with Gasteiger partial charge in [-0.25, -0.2) is 39.3 Å². The quantitative estimate of drug-likeness (QED) is 0.0253. The maximum absolute atomic E-state index is 10.9. The number of nitrogens with zero attached hydrogens (tertiary/aromatic N) is 9. The van der Waals surface area contributed by atoms with Crippen molar-refractivity contribution in [2.75, 3.05) is 14.2 Å². The molecule has 5 heterocycles. The van der Waals surface area contributed by atoms with Gasteiger partial charge in [-0.1, -0.05) is 68.5 Å². The van der Waals surface area contributed by atoms with Gasteiger partial charge in [-0.05, 0) is 24.6 Å². The van der Waals surface area contributed by atoms with Gasteiger partial charge in [0.2, 0.25) is 0 Å². The minimum absolute atomic E-state index is 0.296. The Hall–Kier alpha value is -6.49. The van der Waals surface area contributed by atoms with E-state index in [0.29, 0.717) is 31.4 Å². The number of imidazole rings is 5. The highest BCUT2D eigenvalue weighted by Gasteiger charge is 2.06. The molecule has 0 saturated carbocycles. The average Bonchev–Trinajstić information content (AvgIpc) is 4.16. The van der Waals surface area contributed by atoms with Crippen molar-refractivity contribution in [1.29, 1.82) is 0 Å². The SMILES string of the molecule is CCC.COC(=O)/C=C/c1cn(C)cn1.COC(=O)/C=C/c1cncn1C.Cn1cnc(CCC(=O)ONS)c1.Cn1cncc1CCC(=O)ONS.O=C(O)/C=C/c1cnc[nH]1.ONS. The number of H-pyrrole nitrogens is 1. The van der Waals surface area contributed by atoms with Crippen LogP contribution < -0.4 is 14.7 Å². The molecule has 364 valence electrons. The molecule has 0 saturated heterocycles. The summed E-state index contributed by atoms with van der Waals surface area (Å²) >= 11 is 10.2. The molecule has 0 aliphatic heterocycles. The van der Waals surface area contributed by atoms with Crippen molar-refractivity contribution < 1.29 is 53.4 Å². The fraction of sp³-hybridized carbons (Fsp3) is 0.333. The molecule has 0 unspecified atom stereocenters. The fourth-order valence-corrected chi connectivity index (χ4v) is 4.10. The molecule has 66 heavy (non-hydrogen) atoms. The fourth-order valence-electron chi connectivity index (χ4n) is 3.89. The number of rotatable bonds is 14. The maximum Gasteiger partial charge on any atom is 0.330 e. The molecule has 0 radical (unpaired) electrons. The largest absolute Gasteiger partial charge is 0.478 e. The third-order valence-corrected chi connectivity index (χ3v) is 7.03. The number of carboxylic acids is 1. The van der Waals surface area contributed by atoms with Crippen molar-refractivity contribution in [3.63, 3.8) is 0 Å². The monoisotopic (exact) mass is 981 g/mol. The van der Waals surface area contributed by atoms with E-state index in [-0.39, 0.29) is 23.9 Å². The van der Waals surface area contributed by atoms with Crippen molar-refractivity contribution in [3.05, 3.63) is 109 Å². The molecule has 0 amide bonds. The van der Waals surface area contributed by atoms with Gasteiger partial charge >= 0.3 is 29.8 Å². The number of carbonyl (C=O) groups excluding carboxylic acids is 4. The third-order valence-electron chi connectivity index (χ3n) is 6.85. The first kappa shape index (κ1) is 61.6. The lowest BCUT2D eigenvalue weighted by molar-refractivity contribution is -0.147. The number of ether oxygens (including phenoxy) is 2. The highest BCUT2D eigenvalue weighted by molar-refractivity contribution is 7.78. The van der Waals surface area contributed by atoms with Crippen LogP contribution in [-0.4, -0.2) is 103 Å². The van der Waals surface area contributed by atoms with Gasteiger partial charge in [0.25, 0.3) is 0 Å². The Morgan fingerprint density at radius 2 is 1.24 bits per heavy atom. The zero-order valence-corrected chi connectivity index (χ0v) is 40.4. The number of methoxy groups -OCH3 is 2. The predicted octanol–water partition coefficient (Wildman–Crippen LogP) is 3.44. The average molecular weight is 982 g/mol. The summed E-state index contributed by atoms with van der Waals surface area (Å²) in [5, 5.41) is 15.4. The van der Waals surface area contributed by atoms with E-state index in [4.69, 9.17) is 10.3 Å². The molecule has 6 N–H and O–H groups in total. The van der Waals surface area contributed by atoms with E-state index in [1.165, 1.54) is 50.1 Å². The number of esters is 2. The Labute approximate surface area is 399 Å². The van der Waals surface area contributed by atoms with Crippen LogP contribution in [0.25, 0.3) is 18.2 Å². The van der Waals surface area contributed by atoms with Crippen LogP contribution in [0.3, 0.4) is 0 Å². The van der Waals surface area contributed by atoms with Gasteiger partial charge in [0.1, 0.15) is 0 Å². The van der Waals surface area contributed by atoms with Crippen LogP contribution in [0.5, 0.6) is 0 Å². The minimum Gasteiger partial charge on any atom is -0.478 e. The number of aromatic nitrogens is 10. The van der Waals surface area contributed by atoms with E-state index in [2.05, 4.69) is 101 Å². The second-order valence-corrected chi connectivity index (χ2v) is 12.8. The van der Waals surface area contributed by atoms with E-state index >= 15 is 0 Å². The van der Waals surface area contributed by atoms with Gasteiger partial charge in [-0.2, -0.15) is 4.89 Å². The maximum atomic E-state index is 10.9. The molecule has 5 rings (SSSR count). The number of aromatic amines is 1. The molecule has 5 aromatic heterocycles. The summed E-state index contributed by atoms with van der Waals surface area (Å²) in [5.41, 5.74) is 4.15. The van der Waals surface area contributed by atoms with Crippen LogP contribution in [0.2, 0.25) is 0 Å². The number of thiol groups is 3. The van der Waals surface area contributed by atoms with Gasteiger partial charge in [0.05, 0.1) is 93.9 Å². The summed E-state index contributed by atoms with van der Waals surface area (Å²) in [4.78, 5) is 89.7. The van der Waals surface area contributed by atoms with Crippen molar-refractivity contribution >= 4 is 86.5 Å². The van der Waals surface area contributed by atoms with E-state index < -0.39 is 5.97 Å². The number of carboxylic acid groups (broad SMARTS) is 1. The molecule has 5 aromatic rings. The molecule has 0 aliphatic carbocycles. The van der Waals surface area contributed by atoms with E-state index in [0.717, 1.165) is 28.9 Å². The first-order valence-electron chi connectivity index (χ1n) is 19.0. The summed E-state index contributed by atoms with van der Waals surface area (Å²) in [6.07, 6.45) is 28.3. The zero-order chi connectivity index (χ0) is 50.1. The summed E-state index contributed by atoms with van der Waals surface area (Å²) in [5.74, 6) is -2.39. The number of carbonyl (C=O) groups is 5. The molecule has 0 bridgehead atoms. The minimum atomic E-state index is -0.963. The van der Waals surface area contributed by atoms with E-state index in [9.17, 15) is 24.0 Å². The summed E-state index contributed by atoms with van der Waals surface area (Å²) in [7, 11) is 10.2. The molecule has 24 nitrogen and oxygen atoms in total. The summed E-state index contributed by atoms with van der Waals surface area (Å²) < 4.78 is 16.2. The number of nitrogens with one attached hydrogen (secondary N) is 4. The van der Waals surface area contributed by atoms with Crippen LogP contribution in [0, 0.1) is 0 Å². The van der Waals surface area contributed by atoms with Gasteiger partial charge in [-0.3, -0.25) is 9.59 Å². The van der Waals surface area contributed by atoms with Gasteiger partial charge in [0.15, 0.2) is 0 Å². The first-order chi connectivity index (χ1) is 31.5. The van der Waals surface area contributed by atoms with Gasteiger partial charge in [0, 0.05) is 77.1 Å². The molecule has 0 spiro atoms. The van der Waals surface area contributed by atoms with Gasteiger partial charge in [-0.15, -0.1) is 0 Å². The van der Waals surface area contributed by atoms with Crippen LogP contribution in [-0.2, 0) is 84.2 Å². The Bertz CT molecular complexity index is 2150. The van der Waals surface area contributed by atoms with E-state index in [1.54, 1.807) is 71.4 Å². The third kappa shape index (κ3) is 34.0. The standard InChI is InChI=1S/2C8H10N2O2.2C7H11N3O2S.C6H6N2O2.C3H8.H3NOS/c1-10-5-7(9-6-10)3-4-8(11)12-2;1-10-6-9-5-7(10)3-4-8(11)12-2;1-10-4-6(8-5-10)2-3-7(11)12-9-13;1-10-5-8-4-6(10)2-3-7(11)12-9-13;9-6(10)2-1-5-3-7-4-8-5;1-3-2;2-1-3/h2*3-6H,1-2H3;2*4-5,9,13H,2-3H2,1H3;1-4H,(H,7,8)(H,9,10);3H2,1-2H3;1-3H/b2*4-3+;;;2-1+;;. The molecule has 27 heteroatoms. The summed E-state index contributed by atoms with van der Waals surface area (Å²) in [6, 6.07) is 0. The van der Waals surface area contributed by atoms with Crippen LogP contribution in [0.4, 0.5) is 0 Å². The number of hydrogen-bond acceptors (Lipinski definition) is 21. The highest BCUT2D eigenvalue weighted by atomic mass is 32.1. The van der Waals surface area contributed by atoms with Crippen molar-refractivity contribution in [3.8, 4) is 0 Å².